The molecule has 0 saturated heterocycles. The summed E-state index contributed by atoms with van der Waals surface area (Å²) in [6.45, 7) is 4.50. The SMILES string of the molecule is CC(=O)O[C@H](C)/C(C)=C/C(=O)O. The second kappa shape index (κ2) is 4.54. The number of carboxylic acids is 1. The Bertz CT molecular complexity index is 217. The lowest BCUT2D eigenvalue weighted by molar-refractivity contribution is -0.144. The third-order valence-corrected chi connectivity index (χ3v) is 1.34. The van der Waals surface area contributed by atoms with Gasteiger partial charge in [0, 0.05) is 13.0 Å². The van der Waals surface area contributed by atoms with Crippen LogP contribution in [0, 0.1) is 0 Å². The van der Waals surface area contributed by atoms with Gasteiger partial charge in [0.1, 0.15) is 6.10 Å². The van der Waals surface area contributed by atoms with Gasteiger partial charge in [-0.05, 0) is 19.4 Å². The molecule has 0 aromatic heterocycles. The molecule has 0 aromatic carbocycles. The van der Waals surface area contributed by atoms with Crippen molar-refractivity contribution in [2.45, 2.75) is 26.9 Å². The van der Waals surface area contributed by atoms with E-state index < -0.39 is 18.0 Å². The number of aliphatic carboxylic acids is 1. The van der Waals surface area contributed by atoms with Crippen LogP contribution in [0.1, 0.15) is 20.8 Å². The number of carboxylic acid groups (broad SMARTS) is 1. The van der Waals surface area contributed by atoms with Crippen molar-refractivity contribution in [1.82, 2.24) is 0 Å². The maximum absolute atomic E-state index is 10.4. The van der Waals surface area contributed by atoms with E-state index in [9.17, 15) is 9.59 Å². The molecule has 0 aliphatic rings. The van der Waals surface area contributed by atoms with Crippen molar-refractivity contribution < 1.29 is 19.4 Å². The molecule has 0 aliphatic heterocycles. The molecule has 0 aromatic rings. The van der Waals surface area contributed by atoms with Crippen LogP contribution in [0.5, 0.6) is 0 Å². The van der Waals surface area contributed by atoms with Gasteiger partial charge in [0.05, 0.1) is 0 Å². The summed E-state index contributed by atoms with van der Waals surface area (Å²) in [7, 11) is 0. The van der Waals surface area contributed by atoms with Crippen LogP contribution in [-0.2, 0) is 14.3 Å². The average molecular weight is 172 g/mol. The predicted octanol–water partition coefficient (Wildman–Crippen LogP) is 0.969. The largest absolute Gasteiger partial charge is 0.478 e. The maximum atomic E-state index is 10.4. The van der Waals surface area contributed by atoms with Crippen molar-refractivity contribution in [1.29, 1.82) is 0 Å². The number of rotatable bonds is 3. The van der Waals surface area contributed by atoms with Gasteiger partial charge >= 0.3 is 11.9 Å². The van der Waals surface area contributed by atoms with Crippen LogP contribution in [0.15, 0.2) is 11.6 Å². The molecule has 0 saturated carbocycles. The Labute approximate surface area is 70.8 Å². The van der Waals surface area contributed by atoms with Crippen LogP contribution in [0.4, 0.5) is 0 Å². The Morgan fingerprint density at radius 2 is 1.92 bits per heavy atom. The molecule has 4 nitrogen and oxygen atoms in total. The highest BCUT2D eigenvalue weighted by Gasteiger charge is 2.08. The Morgan fingerprint density at radius 1 is 1.42 bits per heavy atom. The van der Waals surface area contributed by atoms with Crippen molar-refractivity contribution in [3.63, 3.8) is 0 Å². The topological polar surface area (TPSA) is 63.6 Å². The number of carbonyl (C=O) groups excluding carboxylic acids is 1. The Kier molecular flexibility index (Phi) is 4.04. The zero-order chi connectivity index (χ0) is 9.72. The summed E-state index contributed by atoms with van der Waals surface area (Å²) < 4.78 is 4.74. The van der Waals surface area contributed by atoms with Crippen molar-refractivity contribution >= 4 is 11.9 Å². The van der Waals surface area contributed by atoms with Crippen molar-refractivity contribution in [3.8, 4) is 0 Å². The smallest absolute Gasteiger partial charge is 0.328 e. The van der Waals surface area contributed by atoms with Gasteiger partial charge in [-0.1, -0.05) is 0 Å². The van der Waals surface area contributed by atoms with Crippen LogP contribution < -0.4 is 0 Å². The van der Waals surface area contributed by atoms with E-state index in [1.807, 2.05) is 0 Å². The lowest BCUT2D eigenvalue weighted by Gasteiger charge is -2.11. The monoisotopic (exact) mass is 172 g/mol. The summed E-state index contributed by atoms with van der Waals surface area (Å²) >= 11 is 0. The normalized spacial score (nSPS) is 13.8. The van der Waals surface area contributed by atoms with Gasteiger partial charge in [0.15, 0.2) is 0 Å². The highest BCUT2D eigenvalue weighted by molar-refractivity contribution is 5.80. The molecule has 12 heavy (non-hydrogen) atoms. The van der Waals surface area contributed by atoms with Crippen molar-refractivity contribution in [2.24, 2.45) is 0 Å². The van der Waals surface area contributed by atoms with Crippen LogP contribution in [0.3, 0.4) is 0 Å². The maximum Gasteiger partial charge on any atom is 0.328 e. The zero-order valence-electron chi connectivity index (χ0n) is 7.33. The number of hydrogen-bond donors (Lipinski definition) is 1. The highest BCUT2D eigenvalue weighted by atomic mass is 16.5. The van der Waals surface area contributed by atoms with E-state index >= 15 is 0 Å². The zero-order valence-corrected chi connectivity index (χ0v) is 7.33. The lowest BCUT2D eigenvalue weighted by Crippen LogP contribution is -2.14. The van der Waals surface area contributed by atoms with E-state index in [-0.39, 0.29) is 0 Å². The molecule has 0 radical (unpaired) electrons. The first-order valence-electron chi connectivity index (χ1n) is 3.52. The predicted molar refractivity (Wildman–Crippen MR) is 42.6 cm³/mol. The summed E-state index contributed by atoms with van der Waals surface area (Å²) in [5.74, 6) is -1.45. The minimum atomic E-state index is -1.04. The van der Waals surface area contributed by atoms with Gasteiger partial charge in [-0.15, -0.1) is 0 Å². The fourth-order valence-corrected chi connectivity index (χ4v) is 0.654. The Hall–Kier alpha value is -1.32. The molecule has 0 aliphatic carbocycles. The fraction of sp³-hybridized carbons (Fsp3) is 0.500. The van der Waals surface area contributed by atoms with Crippen LogP contribution in [0.25, 0.3) is 0 Å². The van der Waals surface area contributed by atoms with Crippen LogP contribution in [0.2, 0.25) is 0 Å². The molecule has 0 bridgehead atoms. The van der Waals surface area contributed by atoms with Gasteiger partial charge in [0.25, 0.3) is 0 Å². The Balaban J connectivity index is 4.18. The van der Waals surface area contributed by atoms with Crippen molar-refractivity contribution in [2.75, 3.05) is 0 Å². The van der Waals surface area contributed by atoms with E-state index in [2.05, 4.69) is 0 Å². The lowest BCUT2D eigenvalue weighted by atomic mass is 10.2. The standard InChI is InChI=1S/C8H12O4/c1-5(4-8(10)11)6(2)12-7(3)9/h4,6H,1-3H3,(H,10,11)/b5-4+/t6-/m1/s1. The van der Waals surface area contributed by atoms with E-state index in [1.54, 1.807) is 13.8 Å². The molecule has 68 valence electrons. The second-order valence-electron chi connectivity index (χ2n) is 2.48. The second-order valence-corrected chi connectivity index (χ2v) is 2.48. The van der Waals surface area contributed by atoms with Crippen LogP contribution >= 0.6 is 0 Å². The van der Waals surface area contributed by atoms with Gasteiger partial charge in [-0.3, -0.25) is 4.79 Å². The summed E-state index contributed by atoms with van der Waals surface area (Å²) in [6, 6.07) is 0. The number of ether oxygens (including phenoxy) is 1. The molecule has 0 unspecified atom stereocenters. The van der Waals surface area contributed by atoms with E-state index in [1.165, 1.54) is 6.92 Å². The molecule has 0 amide bonds. The van der Waals surface area contributed by atoms with Gasteiger partial charge in [-0.25, -0.2) is 4.79 Å². The average Bonchev–Trinajstić information content (AvgIpc) is 1.84. The molecular formula is C8H12O4. The molecule has 0 fully saturated rings. The molecule has 0 spiro atoms. The number of hydrogen-bond acceptors (Lipinski definition) is 3. The molecule has 0 rings (SSSR count). The third kappa shape index (κ3) is 4.49. The summed E-state index contributed by atoms with van der Waals surface area (Å²) in [4.78, 5) is 20.6. The van der Waals surface area contributed by atoms with E-state index in [0.29, 0.717) is 5.57 Å². The fourth-order valence-electron chi connectivity index (χ4n) is 0.654. The summed E-state index contributed by atoms with van der Waals surface area (Å²) in [5.41, 5.74) is 0.512. The molecule has 1 N–H and O–H groups in total. The van der Waals surface area contributed by atoms with Crippen LogP contribution in [-0.4, -0.2) is 23.1 Å². The quantitative estimate of drug-likeness (QED) is 0.509. The first-order chi connectivity index (χ1) is 5.43. The third-order valence-electron chi connectivity index (χ3n) is 1.34. The van der Waals surface area contributed by atoms with Crippen molar-refractivity contribution in [3.05, 3.63) is 11.6 Å². The van der Waals surface area contributed by atoms with E-state index in [4.69, 9.17) is 9.84 Å². The first-order valence-corrected chi connectivity index (χ1v) is 3.52. The minimum absolute atomic E-state index is 0.416. The molecular weight excluding hydrogens is 160 g/mol. The van der Waals surface area contributed by atoms with Gasteiger partial charge in [-0.2, -0.15) is 0 Å². The molecule has 0 heterocycles. The highest BCUT2D eigenvalue weighted by Crippen LogP contribution is 2.04. The summed E-state index contributed by atoms with van der Waals surface area (Å²) in [6.07, 6.45) is 0.548. The molecule has 4 heteroatoms. The number of carbonyl (C=O) groups is 2. The molecule has 1 atom stereocenters. The van der Waals surface area contributed by atoms with Gasteiger partial charge < -0.3 is 9.84 Å². The number of esters is 1. The first kappa shape index (κ1) is 10.7. The van der Waals surface area contributed by atoms with E-state index in [0.717, 1.165) is 6.08 Å². The minimum Gasteiger partial charge on any atom is -0.478 e. The Morgan fingerprint density at radius 3 is 2.25 bits per heavy atom. The van der Waals surface area contributed by atoms with Gasteiger partial charge in [0.2, 0.25) is 0 Å². The summed E-state index contributed by atoms with van der Waals surface area (Å²) in [5, 5.41) is 8.35.